The van der Waals surface area contributed by atoms with Crippen LogP contribution < -0.4 is 10.6 Å². The summed E-state index contributed by atoms with van der Waals surface area (Å²) in [5.74, 6) is 0.867. The van der Waals surface area contributed by atoms with Crippen molar-refractivity contribution in [2.75, 3.05) is 26.2 Å². The van der Waals surface area contributed by atoms with E-state index in [1.165, 1.54) is 5.56 Å². The zero-order valence-corrected chi connectivity index (χ0v) is 14.9. The number of ether oxygens (including phenoxy) is 1. The first-order valence-electron chi connectivity index (χ1n) is 7.41. The maximum atomic E-state index is 5.58. The standard InChI is InChI=1S/C15H24N4O.HI/c1-2-17-15(19-12-14-6-4-10-20-14)18-9-7-13-5-3-8-16-11-13;/h3,5,8,11,14H,2,4,6-7,9-10,12H2,1H3,(H2,17,18,19);1H. The van der Waals surface area contributed by atoms with Crippen molar-refractivity contribution in [2.45, 2.75) is 32.3 Å². The fourth-order valence-corrected chi connectivity index (χ4v) is 2.19. The van der Waals surface area contributed by atoms with Crippen molar-refractivity contribution in [1.29, 1.82) is 0 Å². The number of hydrogen-bond acceptors (Lipinski definition) is 3. The molecule has 1 unspecified atom stereocenters. The summed E-state index contributed by atoms with van der Waals surface area (Å²) in [4.78, 5) is 8.70. The van der Waals surface area contributed by atoms with Crippen molar-refractivity contribution in [3.05, 3.63) is 30.1 Å². The normalized spacial score (nSPS) is 18.1. The highest BCUT2D eigenvalue weighted by Crippen LogP contribution is 2.11. The molecule has 6 heteroatoms. The van der Waals surface area contributed by atoms with Crippen LogP contribution in [-0.4, -0.2) is 43.3 Å². The molecule has 1 saturated heterocycles. The van der Waals surface area contributed by atoms with Gasteiger partial charge in [-0.15, -0.1) is 24.0 Å². The zero-order valence-electron chi connectivity index (χ0n) is 12.5. The van der Waals surface area contributed by atoms with E-state index in [9.17, 15) is 0 Å². The first-order chi connectivity index (χ1) is 9.88. The Bertz CT molecular complexity index is 407. The van der Waals surface area contributed by atoms with Crippen LogP contribution in [0.3, 0.4) is 0 Å². The smallest absolute Gasteiger partial charge is 0.191 e. The number of pyridine rings is 1. The Kier molecular flexibility index (Phi) is 9.32. The molecule has 1 aliphatic rings. The van der Waals surface area contributed by atoms with Crippen molar-refractivity contribution in [3.63, 3.8) is 0 Å². The van der Waals surface area contributed by atoms with Gasteiger partial charge in [0.2, 0.25) is 0 Å². The van der Waals surface area contributed by atoms with Gasteiger partial charge in [-0.05, 0) is 37.8 Å². The van der Waals surface area contributed by atoms with Crippen LogP contribution in [0.2, 0.25) is 0 Å². The molecule has 1 aliphatic heterocycles. The molecule has 2 N–H and O–H groups in total. The molecular weight excluding hydrogens is 379 g/mol. The van der Waals surface area contributed by atoms with Crippen LogP contribution in [0, 0.1) is 0 Å². The fraction of sp³-hybridized carbons (Fsp3) is 0.600. The SMILES string of the molecule is CCNC(=NCC1CCCO1)NCCc1cccnc1.I. The zero-order chi connectivity index (χ0) is 14.0. The Hall–Kier alpha value is -0.890. The highest BCUT2D eigenvalue weighted by Gasteiger charge is 2.14. The first kappa shape index (κ1) is 18.2. The van der Waals surface area contributed by atoms with Gasteiger partial charge in [0.05, 0.1) is 12.6 Å². The van der Waals surface area contributed by atoms with E-state index in [2.05, 4.69) is 33.6 Å². The second-order valence-electron chi connectivity index (χ2n) is 4.89. The lowest BCUT2D eigenvalue weighted by molar-refractivity contribution is 0.117. The molecule has 2 heterocycles. The molecule has 0 spiro atoms. The van der Waals surface area contributed by atoms with Crippen LogP contribution in [0.4, 0.5) is 0 Å². The number of nitrogens with one attached hydrogen (secondary N) is 2. The molecule has 0 radical (unpaired) electrons. The third-order valence-electron chi connectivity index (χ3n) is 3.25. The van der Waals surface area contributed by atoms with Gasteiger partial charge in [0, 0.05) is 32.1 Å². The maximum absolute atomic E-state index is 5.58. The Labute approximate surface area is 144 Å². The summed E-state index contributed by atoms with van der Waals surface area (Å²) in [6.07, 6.45) is 7.22. The van der Waals surface area contributed by atoms with E-state index in [4.69, 9.17) is 4.74 Å². The lowest BCUT2D eigenvalue weighted by Gasteiger charge is -2.12. The molecule has 1 aromatic heterocycles. The van der Waals surface area contributed by atoms with Gasteiger partial charge in [-0.2, -0.15) is 0 Å². The molecular formula is C15H25IN4O. The van der Waals surface area contributed by atoms with E-state index in [0.717, 1.165) is 51.5 Å². The van der Waals surface area contributed by atoms with Gasteiger partial charge < -0.3 is 15.4 Å². The number of aliphatic imine (C=N–C) groups is 1. The van der Waals surface area contributed by atoms with Gasteiger partial charge in [0.25, 0.3) is 0 Å². The summed E-state index contributed by atoms with van der Waals surface area (Å²) in [6.45, 7) is 5.41. The molecule has 0 amide bonds. The molecule has 1 fully saturated rings. The van der Waals surface area contributed by atoms with E-state index in [0.29, 0.717) is 6.10 Å². The average Bonchev–Trinajstić information content (AvgIpc) is 2.99. The second-order valence-corrected chi connectivity index (χ2v) is 4.89. The van der Waals surface area contributed by atoms with E-state index >= 15 is 0 Å². The van der Waals surface area contributed by atoms with Crippen molar-refractivity contribution >= 4 is 29.9 Å². The Balaban J connectivity index is 0.00000220. The number of nitrogens with zero attached hydrogens (tertiary/aromatic N) is 2. The minimum atomic E-state index is 0. The summed E-state index contributed by atoms with van der Waals surface area (Å²) in [5.41, 5.74) is 1.23. The van der Waals surface area contributed by atoms with Crippen LogP contribution >= 0.6 is 24.0 Å². The summed E-state index contributed by atoms with van der Waals surface area (Å²) >= 11 is 0. The van der Waals surface area contributed by atoms with Gasteiger partial charge in [0.15, 0.2) is 5.96 Å². The monoisotopic (exact) mass is 404 g/mol. The maximum Gasteiger partial charge on any atom is 0.191 e. The van der Waals surface area contributed by atoms with Crippen LogP contribution in [0.1, 0.15) is 25.3 Å². The quantitative estimate of drug-likeness (QED) is 0.433. The van der Waals surface area contributed by atoms with E-state index in [1.807, 2.05) is 12.3 Å². The molecule has 0 bridgehead atoms. The molecule has 0 aromatic carbocycles. The van der Waals surface area contributed by atoms with Gasteiger partial charge in [-0.25, -0.2) is 0 Å². The van der Waals surface area contributed by atoms with Gasteiger partial charge in [0.1, 0.15) is 0 Å². The summed E-state index contributed by atoms with van der Waals surface area (Å²) in [6, 6.07) is 4.05. The number of guanidine groups is 1. The van der Waals surface area contributed by atoms with Crippen molar-refractivity contribution in [3.8, 4) is 0 Å². The van der Waals surface area contributed by atoms with Crippen molar-refractivity contribution in [1.82, 2.24) is 15.6 Å². The number of hydrogen-bond donors (Lipinski definition) is 2. The summed E-state index contributed by atoms with van der Waals surface area (Å²) in [5, 5.41) is 6.61. The lowest BCUT2D eigenvalue weighted by Crippen LogP contribution is -2.38. The molecule has 0 saturated carbocycles. The Morgan fingerprint density at radius 1 is 1.48 bits per heavy atom. The van der Waals surface area contributed by atoms with Crippen LogP contribution in [-0.2, 0) is 11.2 Å². The molecule has 5 nitrogen and oxygen atoms in total. The Morgan fingerprint density at radius 2 is 2.38 bits per heavy atom. The highest BCUT2D eigenvalue weighted by molar-refractivity contribution is 14.0. The lowest BCUT2D eigenvalue weighted by atomic mass is 10.2. The van der Waals surface area contributed by atoms with Crippen molar-refractivity contribution in [2.24, 2.45) is 4.99 Å². The third kappa shape index (κ3) is 7.08. The minimum absolute atomic E-state index is 0. The van der Waals surface area contributed by atoms with Crippen LogP contribution in [0.25, 0.3) is 0 Å². The Morgan fingerprint density at radius 3 is 3.05 bits per heavy atom. The van der Waals surface area contributed by atoms with Gasteiger partial charge >= 0.3 is 0 Å². The van der Waals surface area contributed by atoms with Crippen LogP contribution in [0.5, 0.6) is 0 Å². The average molecular weight is 404 g/mol. The topological polar surface area (TPSA) is 58.5 Å². The van der Waals surface area contributed by atoms with E-state index in [1.54, 1.807) is 6.20 Å². The van der Waals surface area contributed by atoms with Crippen molar-refractivity contribution < 1.29 is 4.74 Å². The molecule has 1 atom stereocenters. The molecule has 118 valence electrons. The summed E-state index contributed by atoms with van der Waals surface area (Å²) in [7, 11) is 0. The third-order valence-corrected chi connectivity index (χ3v) is 3.25. The molecule has 1 aromatic rings. The second kappa shape index (κ2) is 10.8. The summed E-state index contributed by atoms with van der Waals surface area (Å²) < 4.78 is 5.58. The largest absolute Gasteiger partial charge is 0.376 e. The van der Waals surface area contributed by atoms with E-state index in [-0.39, 0.29) is 24.0 Å². The van der Waals surface area contributed by atoms with Gasteiger partial charge in [-0.1, -0.05) is 6.07 Å². The van der Waals surface area contributed by atoms with E-state index < -0.39 is 0 Å². The number of rotatable bonds is 6. The van der Waals surface area contributed by atoms with Gasteiger partial charge in [-0.3, -0.25) is 9.98 Å². The molecule has 21 heavy (non-hydrogen) atoms. The highest BCUT2D eigenvalue weighted by atomic mass is 127. The predicted molar refractivity (Wildman–Crippen MR) is 96.3 cm³/mol. The number of aromatic nitrogens is 1. The number of halogens is 1. The minimum Gasteiger partial charge on any atom is -0.376 e. The molecule has 2 rings (SSSR count). The van der Waals surface area contributed by atoms with Crippen LogP contribution in [0.15, 0.2) is 29.5 Å². The predicted octanol–water partition coefficient (Wildman–Crippen LogP) is 1.98. The fourth-order valence-electron chi connectivity index (χ4n) is 2.19. The first-order valence-corrected chi connectivity index (χ1v) is 7.41. The molecule has 0 aliphatic carbocycles.